The first-order valence-corrected chi connectivity index (χ1v) is 9.50. The molecule has 1 saturated carbocycles. The molecule has 3 rings (SSSR count). The lowest BCUT2D eigenvalue weighted by atomic mass is 10.2. The van der Waals surface area contributed by atoms with E-state index in [1.807, 2.05) is 0 Å². The van der Waals surface area contributed by atoms with Gasteiger partial charge in [-0.15, -0.1) is 11.3 Å². The molecule has 0 bridgehead atoms. The second-order valence-corrected chi connectivity index (χ2v) is 7.83. The summed E-state index contributed by atoms with van der Waals surface area (Å²) in [4.78, 5) is 10.7. The maximum absolute atomic E-state index is 4.82. The van der Waals surface area contributed by atoms with Gasteiger partial charge in [0.05, 0.1) is 14.1 Å². The Morgan fingerprint density at radius 1 is 1.45 bits per heavy atom. The molecule has 0 radical (unpaired) electrons. The van der Waals surface area contributed by atoms with Crippen molar-refractivity contribution in [2.24, 2.45) is 0 Å². The topological polar surface area (TPSA) is 37.8 Å². The second kappa shape index (κ2) is 6.27. The molecule has 0 atom stereocenters. The molecule has 3 nitrogen and oxygen atoms in total. The Labute approximate surface area is 144 Å². The van der Waals surface area contributed by atoms with E-state index in [1.54, 1.807) is 11.3 Å². The molecule has 0 amide bonds. The number of halogens is 2. The first kappa shape index (κ1) is 14.7. The van der Waals surface area contributed by atoms with Crippen LogP contribution in [0.15, 0.2) is 15.9 Å². The first-order valence-electron chi connectivity index (χ1n) is 6.74. The average Bonchev–Trinajstić information content (AvgIpc) is 3.19. The third-order valence-electron chi connectivity index (χ3n) is 3.17. The van der Waals surface area contributed by atoms with Crippen LogP contribution < -0.4 is 5.32 Å². The number of hydrogen-bond donors (Lipinski definition) is 1. The summed E-state index contributed by atoms with van der Waals surface area (Å²) in [5.74, 6) is 2.47. The van der Waals surface area contributed by atoms with Gasteiger partial charge in [-0.05, 0) is 63.8 Å². The van der Waals surface area contributed by atoms with Gasteiger partial charge in [0.1, 0.15) is 5.82 Å². The van der Waals surface area contributed by atoms with Crippen molar-refractivity contribution < 1.29 is 0 Å². The van der Waals surface area contributed by atoms with Crippen LogP contribution in [0.3, 0.4) is 0 Å². The van der Waals surface area contributed by atoms with Crippen molar-refractivity contribution in [3.05, 3.63) is 25.2 Å². The zero-order chi connectivity index (χ0) is 14.1. The largest absolute Gasteiger partial charge is 0.369 e. The predicted molar refractivity (Wildman–Crippen MR) is 96.5 cm³/mol. The third-order valence-corrected chi connectivity index (χ3v) is 5.92. The Hall–Kier alpha value is -0.210. The van der Waals surface area contributed by atoms with Crippen LogP contribution in [-0.2, 0) is 0 Å². The number of hydrogen-bond acceptors (Lipinski definition) is 4. The Balaban J connectivity index is 2.03. The van der Waals surface area contributed by atoms with Crippen molar-refractivity contribution in [2.45, 2.75) is 32.1 Å². The molecule has 0 aliphatic heterocycles. The summed E-state index contributed by atoms with van der Waals surface area (Å²) in [6.45, 7) is 3.12. The van der Waals surface area contributed by atoms with Gasteiger partial charge in [0.15, 0.2) is 5.82 Å². The quantitative estimate of drug-likeness (QED) is 0.613. The third kappa shape index (κ3) is 3.17. The van der Waals surface area contributed by atoms with Crippen LogP contribution in [0.25, 0.3) is 10.7 Å². The zero-order valence-electron chi connectivity index (χ0n) is 11.1. The number of nitrogens with zero attached hydrogens (tertiary/aromatic N) is 2. The minimum atomic E-state index is 0.634. The number of nitrogens with one attached hydrogen (secondary N) is 1. The van der Waals surface area contributed by atoms with Gasteiger partial charge in [-0.3, -0.25) is 0 Å². The molecule has 1 N–H and O–H groups in total. The number of anilines is 1. The minimum Gasteiger partial charge on any atom is -0.369 e. The fourth-order valence-corrected chi connectivity index (χ4v) is 4.23. The number of rotatable bonds is 5. The number of thiophene rings is 1. The van der Waals surface area contributed by atoms with Gasteiger partial charge in [-0.1, -0.05) is 6.92 Å². The Morgan fingerprint density at radius 2 is 2.25 bits per heavy atom. The maximum Gasteiger partial charge on any atom is 0.171 e. The molecule has 1 fully saturated rings. The lowest BCUT2D eigenvalue weighted by Crippen LogP contribution is -2.08. The van der Waals surface area contributed by atoms with E-state index in [4.69, 9.17) is 9.97 Å². The van der Waals surface area contributed by atoms with Crippen LogP contribution in [0.4, 0.5) is 5.82 Å². The Morgan fingerprint density at radius 3 is 2.85 bits per heavy atom. The van der Waals surface area contributed by atoms with Crippen LogP contribution in [0, 0.1) is 3.57 Å². The van der Waals surface area contributed by atoms with Gasteiger partial charge in [0.25, 0.3) is 0 Å². The van der Waals surface area contributed by atoms with Crippen LogP contribution in [-0.4, -0.2) is 16.5 Å². The fraction of sp³-hybridized carbons (Fsp3) is 0.429. The van der Waals surface area contributed by atoms with Crippen molar-refractivity contribution in [3.63, 3.8) is 0 Å². The summed E-state index contributed by atoms with van der Waals surface area (Å²) in [5, 5.41) is 5.51. The molecule has 0 aromatic carbocycles. The normalized spacial score (nSPS) is 14.6. The summed E-state index contributed by atoms with van der Waals surface area (Å²) >= 11 is 7.57. The maximum atomic E-state index is 4.82. The lowest BCUT2D eigenvalue weighted by Gasteiger charge is -2.11. The van der Waals surface area contributed by atoms with E-state index in [2.05, 4.69) is 62.2 Å². The van der Waals surface area contributed by atoms with Crippen molar-refractivity contribution in [1.82, 2.24) is 9.97 Å². The van der Waals surface area contributed by atoms with Crippen LogP contribution in [0.1, 0.15) is 37.8 Å². The van der Waals surface area contributed by atoms with E-state index in [0.29, 0.717) is 5.92 Å². The summed E-state index contributed by atoms with van der Waals surface area (Å²) in [5.41, 5.74) is 1.22. The molecule has 106 valence electrons. The Kier molecular flexibility index (Phi) is 4.62. The van der Waals surface area contributed by atoms with Crippen LogP contribution in [0.2, 0.25) is 0 Å². The number of aromatic nitrogens is 2. The van der Waals surface area contributed by atoms with E-state index in [-0.39, 0.29) is 0 Å². The van der Waals surface area contributed by atoms with E-state index in [9.17, 15) is 0 Å². The molecule has 0 spiro atoms. The molecule has 2 aromatic rings. The van der Waals surface area contributed by atoms with Crippen LogP contribution >= 0.6 is 49.9 Å². The van der Waals surface area contributed by atoms with Gasteiger partial charge in [-0.25, -0.2) is 9.97 Å². The van der Waals surface area contributed by atoms with Gasteiger partial charge in [0.2, 0.25) is 0 Å². The SMILES string of the molecule is CCCNc1nc(-c2cc(Br)cs2)nc(C2CC2)c1I. The molecule has 0 saturated heterocycles. The van der Waals surface area contributed by atoms with E-state index >= 15 is 0 Å². The highest BCUT2D eigenvalue weighted by Crippen LogP contribution is 2.43. The first-order chi connectivity index (χ1) is 9.69. The molecular weight excluding hydrogens is 449 g/mol. The summed E-state index contributed by atoms with van der Waals surface area (Å²) < 4.78 is 2.29. The van der Waals surface area contributed by atoms with Gasteiger partial charge in [0, 0.05) is 22.3 Å². The second-order valence-electron chi connectivity index (χ2n) is 4.93. The molecule has 2 heterocycles. The standard InChI is InChI=1S/C14H15BrIN3S/c1-2-5-17-14-11(16)12(8-3-4-8)18-13(19-14)10-6-9(15)7-20-10/h6-8H,2-5H2,1H3,(H,17,18,19). The van der Waals surface area contributed by atoms with Crippen molar-refractivity contribution in [1.29, 1.82) is 0 Å². The van der Waals surface area contributed by atoms with Crippen molar-refractivity contribution in [3.8, 4) is 10.7 Å². The predicted octanol–water partition coefficient (Wildman–Crippen LogP) is 5.27. The monoisotopic (exact) mass is 463 g/mol. The Bertz CT molecular complexity index is 625. The van der Waals surface area contributed by atoms with E-state index in [0.717, 1.165) is 34.0 Å². The van der Waals surface area contributed by atoms with Gasteiger partial charge < -0.3 is 5.32 Å². The highest BCUT2D eigenvalue weighted by Gasteiger charge is 2.29. The van der Waals surface area contributed by atoms with E-state index in [1.165, 1.54) is 22.1 Å². The highest BCUT2D eigenvalue weighted by atomic mass is 127. The fourth-order valence-electron chi connectivity index (χ4n) is 1.99. The smallest absolute Gasteiger partial charge is 0.171 e. The molecule has 20 heavy (non-hydrogen) atoms. The summed E-state index contributed by atoms with van der Waals surface area (Å²) in [6, 6.07) is 2.09. The van der Waals surface area contributed by atoms with Crippen molar-refractivity contribution >= 4 is 55.7 Å². The molecule has 2 aromatic heterocycles. The lowest BCUT2D eigenvalue weighted by molar-refractivity contribution is 0.940. The highest BCUT2D eigenvalue weighted by molar-refractivity contribution is 14.1. The van der Waals surface area contributed by atoms with Crippen molar-refractivity contribution in [2.75, 3.05) is 11.9 Å². The average molecular weight is 464 g/mol. The molecular formula is C14H15BrIN3S. The van der Waals surface area contributed by atoms with Crippen LogP contribution in [0.5, 0.6) is 0 Å². The molecule has 0 unspecified atom stereocenters. The molecule has 1 aliphatic carbocycles. The zero-order valence-corrected chi connectivity index (χ0v) is 15.7. The van der Waals surface area contributed by atoms with E-state index < -0.39 is 0 Å². The summed E-state index contributed by atoms with van der Waals surface area (Å²) in [6.07, 6.45) is 3.61. The van der Waals surface area contributed by atoms with Gasteiger partial charge >= 0.3 is 0 Å². The molecule has 6 heteroatoms. The minimum absolute atomic E-state index is 0.634. The summed E-state index contributed by atoms with van der Waals surface area (Å²) in [7, 11) is 0. The van der Waals surface area contributed by atoms with Gasteiger partial charge in [-0.2, -0.15) is 0 Å². The molecule has 1 aliphatic rings.